The first-order valence-electron chi connectivity index (χ1n) is 7.28. The van der Waals surface area contributed by atoms with Crippen molar-refractivity contribution in [3.63, 3.8) is 0 Å². The van der Waals surface area contributed by atoms with Crippen LogP contribution in [-0.4, -0.2) is 31.3 Å². The zero-order valence-corrected chi connectivity index (χ0v) is 14.6. The molecule has 0 fully saturated rings. The lowest BCUT2D eigenvalue weighted by Crippen LogP contribution is -2.26. The van der Waals surface area contributed by atoms with E-state index in [4.69, 9.17) is 17.2 Å². The molecule has 0 aliphatic heterocycles. The molecule has 0 saturated carbocycles. The van der Waals surface area contributed by atoms with Crippen LogP contribution in [0, 0.1) is 4.77 Å². The number of aryl methyl sites for hydroxylation is 1. The Labute approximate surface area is 138 Å². The van der Waals surface area contributed by atoms with E-state index in [2.05, 4.69) is 49.1 Å². The molecule has 0 radical (unpaired) electrons. The van der Waals surface area contributed by atoms with Crippen LogP contribution in [-0.2, 0) is 13.2 Å². The maximum Gasteiger partial charge on any atom is 0.198 e. The predicted molar refractivity (Wildman–Crippen MR) is 92.5 cm³/mol. The molecule has 0 aliphatic rings. The van der Waals surface area contributed by atoms with Gasteiger partial charge in [0.2, 0.25) is 0 Å². The molecule has 0 spiro atoms. The SMILES string of the molecule is CCn1cnn(CN(C)[C@@H](C)c2nc3ccccc3s2)c1=S. The van der Waals surface area contributed by atoms with Gasteiger partial charge < -0.3 is 4.57 Å². The van der Waals surface area contributed by atoms with Gasteiger partial charge in [0, 0.05) is 6.54 Å². The summed E-state index contributed by atoms with van der Waals surface area (Å²) in [4.78, 5) is 6.94. The molecule has 3 aromatic rings. The normalized spacial score (nSPS) is 13.1. The quantitative estimate of drug-likeness (QED) is 0.668. The molecule has 0 unspecified atom stereocenters. The fourth-order valence-corrected chi connectivity index (χ4v) is 3.64. The minimum Gasteiger partial charge on any atom is -0.307 e. The van der Waals surface area contributed by atoms with Crippen molar-refractivity contribution in [3.8, 4) is 0 Å². The van der Waals surface area contributed by atoms with Crippen LogP contribution in [0.25, 0.3) is 10.2 Å². The minimum atomic E-state index is 0.214. The lowest BCUT2D eigenvalue weighted by atomic mass is 10.3. The van der Waals surface area contributed by atoms with Crippen molar-refractivity contribution in [2.45, 2.75) is 33.1 Å². The topological polar surface area (TPSA) is 38.9 Å². The molecule has 3 rings (SSSR count). The van der Waals surface area contributed by atoms with Crippen LogP contribution in [0.5, 0.6) is 0 Å². The number of fused-ring (bicyclic) bond motifs is 1. The molecule has 22 heavy (non-hydrogen) atoms. The van der Waals surface area contributed by atoms with Gasteiger partial charge in [0.25, 0.3) is 0 Å². The standard InChI is InChI=1S/C15H19N5S2/c1-4-19-9-16-20(15(19)21)10-18(3)11(2)14-17-12-7-5-6-8-13(12)22-14/h5-9,11H,4,10H2,1-3H3/t11-/m0/s1. The monoisotopic (exact) mass is 333 g/mol. The summed E-state index contributed by atoms with van der Waals surface area (Å²) in [5.74, 6) is 0. The zero-order valence-electron chi connectivity index (χ0n) is 12.9. The molecule has 0 N–H and O–H groups in total. The average molecular weight is 333 g/mol. The molecule has 2 heterocycles. The molecule has 5 nitrogen and oxygen atoms in total. The van der Waals surface area contributed by atoms with E-state index in [1.54, 1.807) is 17.7 Å². The minimum absolute atomic E-state index is 0.214. The highest BCUT2D eigenvalue weighted by molar-refractivity contribution is 7.71. The molecular weight excluding hydrogens is 314 g/mol. The molecule has 116 valence electrons. The van der Waals surface area contributed by atoms with Crippen LogP contribution >= 0.6 is 23.6 Å². The summed E-state index contributed by atoms with van der Waals surface area (Å²) in [6.07, 6.45) is 1.79. The van der Waals surface area contributed by atoms with Gasteiger partial charge in [-0.05, 0) is 45.2 Å². The maximum atomic E-state index is 5.42. The Morgan fingerprint density at radius 1 is 1.36 bits per heavy atom. The summed E-state index contributed by atoms with van der Waals surface area (Å²) in [7, 11) is 2.07. The molecule has 0 bridgehead atoms. The van der Waals surface area contributed by atoms with Gasteiger partial charge in [-0.3, -0.25) is 4.90 Å². The lowest BCUT2D eigenvalue weighted by Gasteiger charge is -2.22. The first-order chi connectivity index (χ1) is 10.6. The summed E-state index contributed by atoms with van der Waals surface area (Å²) in [5.41, 5.74) is 1.06. The summed E-state index contributed by atoms with van der Waals surface area (Å²) in [6, 6.07) is 8.46. The van der Waals surface area contributed by atoms with Gasteiger partial charge in [0.1, 0.15) is 11.3 Å². The Morgan fingerprint density at radius 3 is 2.82 bits per heavy atom. The number of para-hydroxylation sites is 1. The largest absolute Gasteiger partial charge is 0.307 e. The van der Waals surface area contributed by atoms with Crippen LogP contribution in [0.3, 0.4) is 0 Å². The Balaban J connectivity index is 1.80. The first kappa shape index (κ1) is 15.3. The van der Waals surface area contributed by atoms with Gasteiger partial charge in [-0.2, -0.15) is 5.10 Å². The number of benzene rings is 1. The van der Waals surface area contributed by atoms with E-state index in [1.165, 1.54) is 4.70 Å². The smallest absolute Gasteiger partial charge is 0.198 e. The average Bonchev–Trinajstić information content (AvgIpc) is 3.10. The molecule has 7 heteroatoms. The van der Waals surface area contributed by atoms with Gasteiger partial charge in [-0.25, -0.2) is 9.67 Å². The predicted octanol–water partition coefficient (Wildman–Crippen LogP) is 3.69. The number of hydrogen-bond donors (Lipinski definition) is 0. The summed E-state index contributed by atoms with van der Waals surface area (Å²) >= 11 is 7.17. The van der Waals surface area contributed by atoms with E-state index in [0.717, 1.165) is 21.8 Å². The van der Waals surface area contributed by atoms with Gasteiger partial charge in [0.15, 0.2) is 4.77 Å². The maximum absolute atomic E-state index is 5.42. The molecule has 0 saturated heterocycles. The highest BCUT2D eigenvalue weighted by Gasteiger charge is 2.17. The Kier molecular flexibility index (Phi) is 4.37. The Hall–Kier alpha value is -1.57. The van der Waals surface area contributed by atoms with Crippen molar-refractivity contribution in [2.75, 3.05) is 7.05 Å². The number of hydrogen-bond acceptors (Lipinski definition) is 5. The lowest BCUT2D eigenvalue weighted by molar-refractivity contribution is 0.194. The number of rotatable bonds is 5. The summed E-state index contributed by atoms with van der Waals surface area (Å²) in [6.45, 7) is 5.73. The number of nitrogens with zero attached hydrogens (tertiary/aromatic N) is 5. The molecule has 0 aliphatic carbocycles. The zero-order chi connectivity index (χ0) is 15.7. The van der Waals surface area contributed by atoms with Gasteiger partial charge >= 0.3 is 0 Å². The van der Waals surface area contributed by atoms with Crippen LogP contribution in [0.2, 0.25) is 0 Å². The van der Waals surface area contributed by atoms with Crippen LogP contribution in [0.4, 0.5) is 0 Å². The van der Waals surface area contributed by atoms with Crippen molar-refractivity contribution in [1.82, 2.24) is 24.2 Å². The van der Waals surface area contributed by atoms with Crippen LogP contribution in [0.1, 0.15) is 24.9 Å². The van der Waals surface area contributed by atoms with Crippen LogP contribution < -0.4 is 0 Å². The van der Waals surface area contributed by atoms with E-state index >= 15 is 0 Å². The van der Waals surface area contributed by atoms with E-state index in [0.29, 0.717) is 6.67 Å². The molecule has 1 atom stereocenters. The second-order valence-corrected chi connectivity index (χ2v) is 6.72. The third kappa shape index (κ3) is 2.84. The number of aromatic nitrogens is 4. The molecule has 1 aromatic carbocycles. The van der Waals surface area contributed by atoms with Crippen molar-refractivity contribution < 1.29 is 0 Å². The van der Waals surface area contributed by atoms with Crippen molar-refractivity contribution >= 4 is 33.8 Å². The highest BCUT2D eigenvalue weighted by Crippen LogP contribution is 2.28. The Bertz CT molecular complexity index is 799. The fraction of sp³-hybridized carbons (Fsp3) is 0.400. The van der Waals surface area contributed by atoms with Crippen molar-refractivity contribution in [2.24, 2.45) is 0 Å². The fourth-order valence-electron chi connectivity index (χ4n) is 2.28. The Morgan fingerprint density at radius 2 is 2.14 bits per heavy atom. The van der Waals surface area contributed by atoms with Gasteiger partial charge in [-0.1, -0.05) is 12.1 Å². The van der Waals surface area contributed by atoms with Crippen LogP contribution in [0.15, 0.2) is 30.6 Å². The third-order valence-corrected chi connectivity index (χ3v) is 5.48. The van der Waals surface area contributed by atoms with Gasteiger partial charge in [0.05, 0.1) is 22.9 Å². The molecular formula is C15H19N5S2. The second-order valence-electron chi connectivity index (χ2n) is 5.29. The van der Waals surface area contributed by atoms with Crippen molar-refractivity contribution in [3.05, 3.63) is 40.4 Å². The highest BCUT2D eigenvalue weighted by atomic mass is 32.1. The second kappa shape index (κ2) is 6.28. The van der Waals surface area contributed by atoms with Gasteiger partial charge in [-0.15, -0.1) is 11.3 Å². The van der Waals surface area contributed by atoms with E-state index < -0.39 is 0 Å². The molecule has 0 amide bonds. The first-order valence-corrected chi connectivity index (χ1v) is 8.50. The summed E-state index contributed by atoms with van der Waals surface area (Å²) < 4.78 is 5.80. The van der Waals surface area contributed by atoms with Crippen molar-refractivity contribution in [1.29, 1.82) is 0 Å². The summed E-state index contributed by atoms with van der Waals surface area (Å²) in [5, 5.41) is 5.48. The molecule has 2 aromatic heterocycles. The van der Waals surface area contributed by atoms with E-state index in [1.807, 2.05) is 15.3 Å². The van der Waals surface area contributed by atoms with E-state index in [-0.39, 0.29) is 6.04 Å². The third-order valence-electron chi connectivity index (χ3n) is 3.82. The van der Waals surface area contributed by atoms with E-state index in [9.17, 15) is 0 Å². The number of thiazole rings is 1.